The van der Waals surface area contributed by atoms with Crippen LogP contribution in [0.25, 0.3) is 54.6 Å². The third-order valence-electron chi connectivity index (χ3n) is 7.86. The Morgan fingerprint density at radius 2 is 1.02 bits per heavy atom. The van der Waals surface area contributed by atoms with Crippen molar-refractivity contribution >= 4 is 60.5 Å². The number of nitrogens with zero attached hydrogens (tertiary/aromatic N) is 1. The molecule has 0 saturated carbocycles. The van der Waals surface area contributed by atoms with Gasteiger partial charge in [0.1, 0.15) is 5.58 Å². The molecule has 0 saturated heterocycles. The summed E-state index contributed by atoms with van der Waals surface area (Å²) in [6.07, 6.45) is 0. The van der Waals surface area contributed by atoms with E-state index >= 15 is 0 Å². The maximum atomic E-state index is 6.54. The van der Waals surface area contributed by atoms with Gasteiger partial charge in [-0.3, -0.25) is 0 Å². The van der Waals surface area contributed by atoms with Crippen molar-refractivity contribution in [3.63, 3.8) is 0 Å². The molecule has 1 aromatic heterocycles. The highest BCUT2D eigenvalue weighted by Gasteiger charge is 2.21. The minimum Gasteiger partial charge on any atom is -0.454 e. The lowest BCUT2D eigenvalue weighted by molar-refractivity contribution is 0.669. The molecule has 0 N–H and O–H groups in total. The molecular weight excluding hydrogens is 486 g/mol. The van der Waals surface area contributed by atoms with E-state index in [1.807, 2.05) is 12.1 Å². The molecule has 0 bridgehead atoms. The fourth-order valence-corrected chi connectivity index (χ4v) is 5.97. The summed E-state index contributed by atoms with van der Waals surface area (Å²) >= 11 is 0. The molecule has 0 radical (unpaired) electrons. The second-order valence-corrected chi connectivity index (χ2v) is 10.2. The van der Waals surface area contributed by atoms with Crippen molar-refractivity contribution < 1.29 is 4.42 Å². The van der Waals surface area contributed by atoms with E-state index < -0.39 is 0 Å². The lowest BCUT2D eigenvalue weighted by Crippen LogP contribution is -2.10. The van der Waals surface area contributed by atoms with Crippen LogP contribution in [-0.4, -0.2) is 0 Å². The topological polar surface area (TPSA) is 16.4 Å². The molecule has 2 heteroatoms. The Labute approximate surface area is 232 Å². The molecular formula is C38H25NO. The number of fused-ring (bicyclic) bond motifs is 6. The second kappa shape index (κ2) is 9.14. The van der Waals surface area contributed by atoms with Crippen LogP contribution in [0.1, 0.15) is 0 Å². The highest BCUT2D eigenvalue weighted by Crippen LogP contribution is 2.45. The van der Waals surface area contributed by atoms with Crippen LogP contribution < -0.4 is 4.90 Å². The third-order valence-corrected chi connectivity index (χ3v) is 7.86. The van der Waals surface area contributed by atoms with Crippen LogP contribution in [0.2, 0.25) is 0 Å². The molecule has 0 fully saturated rings. The van der Waals surface area contributed by atoms with Gasteiger partial charge in [-0.05, 0) is 57.6 Å². The Kier molecular flexibility index (Phi) is 5.17. The Balaban J connectivity index is 1.40. The van der Waals surface area contributed by atoms with Crippen LogP contribution >= 0.6 is 0 Å². The number of furan rings is 1. The number of rotatable bonds is 4. The van der Waals surface area contributed by atoms with Gasteiger partial charge >= 0.3 is 0 Å². The van der Waals surface area contributed by atoms with Crippen LogP contribution in [0.3, 0.4) is 0 Å². The van der Waals surface area contributed by atoms with Crippen molar-refractivity contribution in [3.05, 3.63) is 152 Å². The van der Waals surface area contributed by atoms with Crippen LogP contribution in [0.5, 0.6) is 0 Å². The number of para-hydroxylation sites is 2. The number of anilines is 3. The second-order valence-electron chi connectivity index (χ2n) is 10.2. The monoisotopic (exact) mass is 511 g/mol. The molecule has 1 heterocycles. The Hall–Kier alpha value is -5.34. The summed E-state index contributed by atoms with van der Waals surface area (Å²) < 4.78 is 6.54. The smallest absolute Gasteiger partial charge is 0.159 e. The summed E-state index contributed by atoms with van der Waals surface area (Å²) in [4.78, 5) is 2.34. The minimum atomic E-state index is 0.883. The molecule has 2 nitrogen and oxygen atoms in total. The van der Waals surface area contributed by atoms with E-state index in [1.165, 1.54) is 32.7 Å². The summed E-state index contributed by atoms with van der Waals surface area (Å²) in [5.41, 5.74) is 7.38. The summed E-state index contributed by atoms with van der Waals surface area (Å²) in [5, 5.41) is 7.17. The van der Waals surface area contributed by atoms with Crippen LogP contribution in [0.4, 0.5) is 17.1 Å². The normalized spacial score (nSPS) is 11.5. The number of benzene rings is 7. The maximum Gasteiger partial charge on any atom is 0.159 e. The first-order chi connectivity index (χ1) is 19.8. The van der Waals surface area contributed by atoms with E-state index in [-0.39, 0.29) is 0 Å². The first-order valence-electron chi connectivity index (χ1n) is 13.6. The van der Waals surface area contributed by atoms with Gasteiger partial charge in [-0.1, -0.05) is 121 Å². The van der Waals surface area contributed by atoms with Gasteiger partial charge in [0.25, 0.3) is 0 Å². The fraction of sp³-hybridized carbons (Fsp3) is 0. The molecule has 8 aromatic rings. The van der Waals surface area contributed by atoms with E-state index in [2.05, 4.69) is 144 Å². The molecule has 8 rings (SSSR count). The van der Waals surface area contributed by atoms with Crippen molar-refractivity contribution in [3.8, 4) is 11.1 Å². The summed E-state index contributed by atoms with van der Waals surface area (Å²) in [6, 6.07) is 53.7. The maximum absolute atomic E-state index is 6.54. The Morgan fingerprint density at radius 3 is 1.88 bits per heavy atom. The van der Waals surface area contributed by atoms with E-state index in [0.717, 1.165) is 39.0 Å². The number of hydrogen-bond donors (Lipinski definition) is 0. The standard InChI is InChI=1S/C38H25NO/c1-2-10-26(11-3-1)27-20-23-29(24-21-27)39(36-18-9-16-34-33-14-6-7-19-37(33)40-38(34)36)35-17-8-15-31-30-13-5-4-12-28(30)22-25-32(31)35/h1-25H. The largest absolute Gasteiger partial charge is 0.454 e. The average molecular weight is 512 g/mol. The SMILES string of the molecule is c1ccc(-c2ccc(N(c3cccc4c3ccc3ccccc34)c3cccc4c3oc3ccccc34)cc2)cc1. The average Bonchev–Trinajstić information content (AvgIpc) is 3.42. The van der Waals surface area contributed by atoms with Crippen molar-refractivity contribution in [1.82, 2.24) is 0 Å². The van der Waals surface area contributed by atoms with Gasteiger partial charge < -0.3 is 9.32 Å². The first kappa shape index (κ1) is 22.6. The zero-order valence-electron chi connectivity index (χ0n) is 21.8. The van der Waals surface area contributed by atoms with Crippen LogP contribution in [0.15, 0.2) is 156 Å². The highest BCUT2D eigenvalue weighted by molar-refractivity contribution is 6.15. The molecule has 0 aliphatic heterocycles. The summed E-state index contributed by atoms with van der Waals surface area (Å²) in [6.45, 7) is 0. The van der Waals surface area contributed by atoms with Gasteiger partial charge in [-0.25, -0.2) is 0 Å². The summed E-state index contributed by atoms with van der Waals surface area (Å²) in [5.74, 6) is 0. The summed E-state index contributed by atoms with van der Waals surface area (Å²) in [7, 11) is 0. The van der Waals surface area contributed by atoms with Crippen molar-refractivity contribution in [1.29, 1.82) is 0 Å². The lowest BCUT2D eigenvalue weighted by Gasteiger charge is -2.27. The van der Waals surface area contributed by atoms with Gasteiger partial charge in [-0.2, -0.15) is 0 Å². The van der Waals surface area contributed by atoms with Crippen LogP contribution in [-0.2, 0) is 0 Å². The minimum absolute atomic E-state index is 0.883. The van der Waals surface area contributed by atoms with Gasteiger partial charge in [0, 0.05) is 21.8 Å². The molecule has 40 heavy (non-hydrogen) atoms. The Bertz CT molecular complexity index is 2160. The predicted molar refractivity (Wildman–Crippen MR) is 169 cm³/mol. The molecule has 0 amide bonds. The zero-order valence-corrected chi connectivity index (χ0v) is 21.8. The number of hydrogen-bond acceptors (Lipinski definition) is 2. The molecule has 0 aliphatic rings. The van der Waals surface area contributed by atoms with Gasteiger partial charge in [0.2, 0.25) is 0 Å². The molecule has 0 atom stereocenters. The van der Waals surface area contributed by atoms with Crippen molar-refractivity contribution in [2.75, 3.05) is 4.90 Å². The van der Waals surface area contributed by atoms with Gasteiger partial charge in [0.05, 0.1) is 11.4 Å². The van der Waals surface area contributed by atoms with E-state index in [0.29, 0.717) is 0 Å². The van der Waals surface area contributed by atoms with E-state index in [1.54, 1.807) is 0 Å². The molecule has 7 aromatic carbocycles. The first-order valence-corrected chi connectivity index (χ1v) is 13.6. The molecule has 0 unspecified atom stereocenters. The lowest BCUT2D eigenvalue weighted by atomic mass is 9.99. The molecule has 188 valence electrons. The predicted octanol–water partition coefficient (Wildman–Crippen LogP) is 11.0. The van der Waals surface area contributed by atoms with E-state index in [9.17, 15) is 0 Å². The zero-order chi connectivity index (χ0) is 26.5. The third kappa shape index (κ3) is 3.58. The Morgan fingerprint density at radius 1 is 0.375 bits per heavy atom. The molecule has 0 spiro atoms. The van der Waals surface area contributed by atoms with E-state index in [4.69, 9.17) is 4.42 Å². The van der Waals surface area contributed by atoms with Gasteiger partial charge in [0.15, 0.2) is 5.58 Å². The molecule has 0 aliphatic carbocycles. The quantitative estimate of drug-likeness (QED) is 0.218. The fourth-order valence-electron chi connectivity index (χ4n) is 5.97. The highest BCUT2D eigenvalue weighted by atomic mass is 16.3. The van der Waals surface area contributed by atoms with Crippen LogP contribution in [0, 0.1) is 0 Å². The van der Waals surface area contributed by atoms with Gasteiger partial charge in [-0.15, -0.1) is 0 Å². The van der Waals surface area contributed by atoms with Crippen molar-refractivity contribution in [2.45, 2.75) is 0 Å². The van der Waals surface area contributed by atoms with Crippen molar-refractivity contribution in [2.24, 2.45) is 0 Å².